The molecule has 20 heavy (non-hydrogen) atoms. The van der Waals surface area contributed by atoms with Crippen LogP contribution in [-0.2, 0) is 9.53 Å². The van der Waals surface area contributed by atoms with Crippen LogP contribution in [0, 0.1) is 0 Å². The molecular formula is C14H15N3O3. The van der Waals surface area contributed by atoms with Gasteiger partial charge in [0.2, 0.25) is 0 Å². The number of aromatic nitrogens is 1. The molecule has 0 saturated heterocycles. The second kappa shape index (κ2) is 6.53. The zero-order chi connectivity index (χ0) is 14.4. The van der Waals surface area contributed by atoms with E-state index < -0.39 is 17.9 Å². The van der Waals surface area contributed by atoms with E-state index in [9.17, 15) is 9.59 Å². The van der Waals surface area contributed by atoms with E-state index >= 15 is 0 Å². The average molecular weight is 273 g/mol. The van der Waals surface area contributed by atoms with Gasteiger partial charge in [0.15, 0.2) is 6.10 Å². The lowest BCUT2D eigenvalue weighted by atomic mass is 10.1. The van der Waals surface area contributed by atoms with E-state index in [1.807, 2.05) is 18.2 Å². The van der Waals surface area contributed by atoms with Crippen molar-refractivity contribution in [1.29, 1.82) is 0 Å². The number of carbonyl (C=O) groups is 2. The molecule has 6 heteroatoms. The van der Waals surface area contributed by atoms with Crippen LogP contribution >= 0.6 is 0 Å². The number of H-pyrrole nitrogens is 1. The van der Waals surface area contributed by atoms with E-state index in [1.54, 1.807) is 30.5 Å². The first kappa shape index (κ1) is 13.8. The lowest BCUT2D eigenvalue weighted by Crippen LogP contribution is -2.44. The number of methoxy groups -OCH3 is 1. The molecule has 0 aliphatic heterocycles. The number of aromatic amines is 1. The first-order valence-electron chi connectivity index (χ1n) is 6.03. The SMILES string of the molecule is COC(C(=O)NNC(=O)c1ccc[nH]1)c1ccccc1. The van der Waals surface area contributed by atoms with Gasteiger partial charge in [-0.3, -0.25) is 20.4 Å². The van der Waals surface area contributed by atoms with E-state index in [-0.39, 0.29) is 0 Å². The molecule has 1 atom stereocenters. The van der Waals surface area contributed by atoms with Crippen LogP contribution in [0.4, 0.5) is 0 Å². The van der Waals surface area contributed by atoms with Crippen LogP contribution < -0.4 is 10.9 Å². The number of hydrogen-bond donors (Lipinski definition) is 3. The maximum Gasteiger partial charge on any atom is 0.286 e. The summed E-state index contributed by atoms with van der Waals surface area (Å²) in [6.45, 7) is 0. The second-order valence-corrected chi connectivity index (χ2v) is 4.05. The molecule has 2 amide bonds. The van der Waals surface area contributed by atoms with E-state index in [2.05, 4.69) is 15.8 Å². The molecule has 0 aliphatic carbocycles. The molecule has 0 radical (unpaired) electrons. The fourth-order valence-corrected chi connectivity index (χ4v) is 1.75. The number of hydrazine groups is 1. The van der Waals surface area contributed by atoms with Crippen LogP contribution in [-0.4, -0.2) is 23.9 Å². The Hall–Kier alpha value is -2.60. The highest BCUT2D eigenvalue weighted by Gasteiger charge is 2.20. The molecule has 104 valence electrons. The Bertz CT molecular complexity index is 567. The number of rotatable bonds is 4. The van der Waals surface area contributed by atoms with Gasteiger partial charge in [-0.15, -0.1) is 0 Å². The summed E-state index contributed by atoms with van der Waals surface area (Å²) in [5.74, 6) is -0.870. The highest BCUT2D eigenvalue weighted by Crippen LogP contribution is 2.15. The fraction of sp³-hybridized carbons (Fsp3) is 0.143. The summed E-state index contributed by atoms with van der Waals surface area (Å²) >= 11 is 0. The molecule has 1 heterocycles. The van der Waals surface area contributed by atoms with Gasteiger partial charge in [-0.1, -0.05) is 30.3 Å². The number of benzene rings is 1. The Kier molecular flexibility index (Phi) is 4.52. The molecule has 2 aromatic rings. The van der Waals surface area contributed by atoms with Gasteiger partial charge >= 0.3 is 0 Å². The van der Waals surface area contributed by atoms with Gasteiger partial charge in [-0.2, -0.15) is 0 Å². The Morgan fingerprint density at radius 2 is 1.85 bits per heavy atom. The molecule has 0 spiro atoms. The molecule has 0 saturated carbocycles. The normalized spacial score (nSPS) is 11.7. The van der Waals surface area contributed by atoms with Crippen molar-refractivity contribution in [3.63, 3.8) is 0 Å². The van der Waals surface area contributed by atoms with Gasteiger partial charge in [0, 0.05) is 13.3 Å². The molecule has 0 aliphatic rings. The standard InChI is InChI=1S/C14H15N3O3/c1-20-12(10-6-3-2-4-7-10)14(19)17-16-13(18)11-8-5-9-15-11/h2-9,12,15H,1H3,(H,16,18)(H,17,19). The number of amides is 2. The molecule has 2 rings (SSSR count). The summed E-state index contributed by atoms with van der Waals surface area (Å²) in [4.78, 5) is 26.4. The molecule has 0 bridgehead atoms. The monoisotopic (exact) mass is 273 g/mol. The maximum absolute atomic E-state index is 12.0. The number of hydrogen-bond acceptors (Lipinski definition) is 3. The Morgan fingerprint density at radius 3 is 2.45 bits per heavy atom. The zero-order valence-corrected chi connectivity index (χ0v) is 10.9. The fourth-order valence-electron chi connectivity index (χ4n) is 1.75. The van der Waals surface area contributed by atoms with Crippen molar-refractivity contribution in [1.82, 2.24) is 15.8 Å². The third-order valence-corrected chi connectivity index (χ3v) is 2.72. The molecule has 3 N–H and O–H groups in total. The number of nitrogens with one attached hydrogen (secondary N) is 3. The van der Waals surface area contributed by atoms with Gasteiger partial charge in [0.05, 0.1) is 0 Å². The summed E-state index contributed by atoms with van der Waals surface area (Å²) in [6.07, 6.45) is 0.846. The van der Waals surface area contributed by atoms with Gasteiger partial charge in [0.25, 0.3) is 11.8 Å². The second-order valence-electron chi connectivity index (χ2n) is 4.05. The van der Waals surface area contributed by atoms with Crippen molar-refractivity contribution in [2.75, 3.05) is 7.11 Å². The van der Waals surface area contributed by atoms with Crippen LogP contribution in [0.3, 0.4) is 0 Å². The molecule has 1 aromatic carbocycles. The maximum atomic E-state index is 12.0. The highest BCUT2D eigenvalue weighted by molar-refractivity contribution is 5.94. The zero-order valence-electron chi connectivity index (χ0n) is 10.9. The average Bonchev–Trinajstić information content (AvgIpc) is 3.01. The Labute approximate surface area is 116 Å². The van der Waals surface area contributed by atoms with E-state index in [0.717, 1.165) is 0 Å². The van der Waals surface area contributed by atoms with Gasteiger partial charge in [-0.05, 0) is 17.7 Å². The topological polar surface area (TPSA) is 83.2 Å². The molecule has 1 aromatic heterocycles. The van der Waals surface area contributed by atoms with Gasteiger partial charge < -0.3 is 9.72 Å². The Morgan fingerprint density at radius 1 is 1.10 bits per heavy atom. The highest BCUT2D eigenvalue weighted by atomic mass is 16.5. The molecule has 6 nitrogen and oxygen atoms in total. The lowest BCUT2D eigenvalue weighted by Gasteiger charge is -2.15. The predicted molar refractivity (Wildman–Crippen MR) is 72.6 cm³/mol. The summed E-state index contributed by atoms with van der Waals surface area (Å²) in [5, 5.41) is 0. The first-order chi connectivity index (χ1) is 9.72. The van der Waals surface area contributed by atoms with Crippen LogP contribution in [0.15, 0.2) is 48.7 Å². The molecule has 1 unspecified atom stereocenters. The number of carbonyl (C=O) groups excluding carboxylic acids is 2. The summed E-state index contributed by atoms with van der Waals surface area (Å²) in [6, 6.07) is 12.3. The first-order valence-corrected chi connectivity index (χ1v) is 6.03. The number of ether oxygens (including phenoxy) is 1. The van der Waals surface area contributed by atoms with Crippen molar-refractivity contribution in [3.05, 3.63) is 59.9 Å². The van der Waals surface area contributed by atoms with Crippen molar-refractivity contribution in [3.8, 4) is 0 Å². The minimum absolute atomic E-state index is 0.360. The van der Waals surface area contributed by atoms with Gasteiger partial charge in [0.1, 0.15) is 5.69 Å². The third kappa shape index (κ3) is 3.24. The van der Waals surface area contributed by atoms with Crippen molar-refractivity contribution in [2.24, 2.45) is 0 Å². The van der Waals surface area contributed by atoms with E-state index in [1.165, 1.54) is 7.11 Å². The van der Waals surface area contributed by atoms with E-state index in [4.69, 9.17) is 4.74 Å². The smallest absolute Gasteiger partial charge is 0.286 e. The lowest BCUT2D eigenvalue weighted by molar-refractivity contribution is -0.132. The molecular weight excluding hydrogens is 258 g/mol. The summed E-state index contributed by atoms with van der Waals surface area (Å²) in [7, 11) is 1.43. The summed E-state index contributed by atoms with van der Waals surface area (Å²) < 4.78 is 5.15. The summed E-state index contributed by atoms with van der Waals surface area (Å²) in [5.41, 5.74) is 5.73. The van der Waals surface area contributed by atoms with Crippen LogP contribution in [0.5, 0.6) is 0 Å². The third-order valence-electron chi connectivity index (χ3n) is 2.72. The van der Waals surface area contributed by atoms with E-state index in [0.29, 0.717) is 11.3 Å². The van der Waals surface area contributed by atoms with Crippen LogP contribution in [0.25, 0.3) is 0 Å². The van der Waals surface area contributed by atoms with Crippen molar-refractivity contribution >= 4 is 11.8 Å². The Balaban J connectivity index is 1.95. The van der Waals surface area contributed by atoms with Crippen molar-refractivity contribution in [2.45, 2.75) is 6.10 Å². The quantitative estimate of drug-likeness (QED) is 0.731. The van der Waals surface area contributed by atoms with Crippen LogP contribution in [0.2, 0.25) is 0 Å². The van der Waals surface area contributed by atoms with Crippen molar-refractivity contribution < 1.29 is 14.3 Å². The minimum atomic E-state index is -0.778. The minimum Gasteiger partial charge on any atom is -0.367 e. The predicted octanol–water partition coefficient (Wildman–Crippen LogP) is 1.16. The molecule has 0 fully saturated rings. The largest absolute Gasteiger partial charge is 0.367 e. The van der Waals surface area contributed by atoms with Crippen LogP contribution in [0.1, 0.15) is 22.2 Å². The van der Waals surface area contributed by atoms with Gasteiger partial charge in [-0.25, -0.2) is 0 Å².